The van der Waals surface area contributed by atoms with Gasteiger partial charge in [-0.1, -0.05) is 127 Å². The molecular weight excluding hydrogens is 697 g/mol. The molecule has 0 heteroatoms. The summed E-state index contributed by atoms with van der Waals surface area (Å²) in [5, 5.41) is 0. The summed E-state index contributed by atoms with van der Waals surface area (Å²) < 4.78 is 0. The quantitative estimate of drug-likeness (QED) is 0.260. The van der Waals surface area contributed by atoms with Crippen LogP contribution in [0.5, 0.6) is 0 Å². The molecule has 10 aliphatic carbocycles. The lowest BCUT2D eigenvalue weighted by Gasteiger charge is -2.55. The number of hydrogen-bond donors (Lipinski definition) is 0. The van der Waals surface area contributed by atoms with Crippen LogP contribution in [0.1, 0.15) is 281 Å². The summed E-state index contributed by atoms with van der Waals surface area (Å²) in [5.74, 6) is 10.0. The van der Waals surface area contributed by atoms with Crippen molar-refractivity contribution in [3.8, 4) is 0 Å². The molecule has 0 amide bonds. The average molecular weight is 803 g/mol. The Morgan fingerprint density at radius 2 is 0.586 bits per heavy atom. The zero-order valence-corrected chi connectivity index (χ0v) is 41.6. The van der Waals surface area contributed by atoms with Crippen LogP contribution in [0.15, 0.2) is 0 Å². The van der Waals surface area contributed by atoms with E-state index in [1.165, 1.54) is 89.9 Å². The highest BCUT2D eigenvalue weighted by atomic mass is 14.6. The number of hydrogen-bond acceptors (Lipinski definition) is 0. The van der Waals surface area contributed by atoms with Crippen molar-refractivity contribution in [3.63, 3.8) is 0 Å². The van der Waals surface area contributed by atoms with Crippen LogP contribution in [0.3, 0.4) is 0 Å². The molecule has 0 aromatic carbocycles. The minimum absolute atomic E-state index is 0.839. The molecule has 0 radical (unpaired) electrons. The molecule has 0 nitrogen and oxygen atoms in total. The molecule has 2 unspecified atom stereocenters. The van der Waals surface area contributed by atoms with Crippen LogP contribution in [-0.2, 0) is 0 Å². The minimum Gasteiger partial charge on any atom is -0.0625 e. The van der Waals surface area contributed by atoms with Gasteiger partial charge in [-0.2, -0.15) is 0 Å². The first-order chi connectivity index (χ1) is 27.6. The van der Waals surface area contributed by atoms with Crippen molar-refractivity contribution in [1.29, 1.82) is 0 Å². The lowest BCUT2D eigenvalue weighted by molar-refractivity contribution is -0.0435. The lowest BCUT2D eigenvalue weighted by Crippen LogP contribution is -2.44. The van der Waals surface area contributed by atoms with Crippen LogP contribution in [-0.4, -0.2) is 0 Å². The van der Waals surface area contributed by atoms with Crippen molar-refractivity contribution in [2.75, 3.05) is 0 Å². The largest absolute Gasteiger partial charge is 0.0625 e. The Labute approximate surface area is 366 Å². The smallest absolute Gasteiger partial charge is 0.0264 e. The second-order valence-corrected chi connectivity index (χ2v) is 26.4. The summed E-state index contributed by atoms with van der Waals surface area (Å²) in [4.78, 5) is 0. The molecule has 0 aromatic rings. The molecule has 0 heterocycles. The fourth-order valence-corrected chi connectivity index (χ4v) is 15.8. The van der Waals surface area contributed by atoms with Crippen LogP contribution in [0.4, 0.5) is 0 Å². The Balaban J connectivity index is 0.000000122. The van der Waals surface area contributed by atoms with Gasteiger partial charge in [0.15, 0.2) is 0 Å². The molecule has 0 N–H and O–H groups in total. The first-order valence-electron chi connectivity index (χ1n) is 27.6. The van der Waals surface area contributed by atoms with Gasteiger partial charge in [0.25, 0.3) is 0 Å². The molecule has 0 saturated heterocycles. The van der Waals surface area contributed by atoms with E-state index in [-0.39, 0.29) is 0 Å². The first kappa shape index (κ1) is 47.5. The van der Waals surface area contributed by atoms with Crippen molar-refractivity contribution in [2.45, 2.75) is 281 Å². The number of rotatable bonds is 5. The Bertz CT molecular complexity index is 1140. The summed E-state index contributed by atoms with van der Waals surface area (Å²) in [6.07, 6.45) is 50.8. The van der Waals surface area contributed by atoms with Crippen LogP contribution in [0.25, 0.3) is 0 Å². The molecule has 338 valence electrons. The molecule has 2 atom stereocenters. The zero-order chi connectivity index (χ0) is 41.6. The van der Waals surface area contributed by atoms with Crippen molar-refractivity contribution in [3.05, 3.63) is 0 Å². The van der Waals surface area contributed by atoms with E-state index in [9.17, 15) is 0 Å². The molecule has 10 fully saturated rings. The summed E-state index contributed by atoms with van der Waals surface area (Å²) in [6, 6.07) is 0. The summed E-state index contributed by atoms with van der Waals surface area (Å²) >= 11 is 0. The van der Waals surface area contributed by atoms with E-state index in [4.69, 9.17) is 0 Å². The molecule has 0 bridgehead atoms. The van der Waals surface area contributed by atoms with Gasteiger partial charge in [0.1, 0.15) is 0 Å². The predicted octanol–water partition coefficient (Wildman–Crippen LogP) is 19.2. The summed E-state index contributed by atoms with van der Waals surface area (Å²) in [6.45, 7) is 23.9. The Morgan fingerprint density at radius 1 is 0.259 bits per heavy atom. The van der Waals surface area contributed by atoms with Crippen molar-refractivity contribution in [1.82, 2.24) is 0 Å². The Hall–Kier alpha value is 0. The van der Waals surface area contributed by atoms with E-state index < -0.39 is 0 Å². The van der Waals surface area contributed by atoms with E-state index in [1.54, 1.807) is 122 Å². The van der Waals surface area contributed by atoms with E-state index in [2.05, 4.69) is 69.2 Å². The molecule has 10 rings (SSSR count). The fraction of sp³-hybridized carbons (Fsp3) is 1.00. The first-order valence-corrected chi connectivity index (χ1v) is 27.6. The van der Waals surface area contributed by atoms with Gasteiger partial charge in [-0.3, -0.25) is 0 Å². The van der Waals surface area contributed by atoms with Crippen LogP contribution in [0, 0.1) is 86.3 Å². The molecule has 0 aromatic heterocycles. The van der Waals surface area contributed by atoms with Crippen LogP contribution in [0.2, 0.25) is 0 Å². The average Bonchev–Trinajstić information content (AvgIpc) is 3.55. The van der Waals surface area contributed by atoms with Gasteiger partial charge in [-0.25, -0.2) is 0 Å². The zero-order valence-electron chi connectivity index (χ0n) is 41.6. The Morgan fingerprint density at radius 3 is 0.914 bits per heavy atom. The fourth-order valence-electron chi connectivity index (χ4n) is 15.8. The van der Waals surface area contributed by atoms with E-state index in [0.29, 0.717) is 0 Å². The van der Waals surface area contributed by atoms with E-state index in [0.717, 1.165) is 86.3 Å². The van der Waals surface area contributed by atoms with Crippen molar-refractivity contribution in [2.24, 2.45) is 86.3 Å². The third-order valence-electron chi connectivity index (χ3n) is 21.1. The maximum absolute atomic E-state index is 2.40. The molecule has 0 aliphatic heterocycles. The van der Waals surface area contributed by atoms with Gasteiger partial charge in [0.05, 0.1) is 0 Å². The van der Waals surface area contributed by atoms with Gasteiger partial charge in [0, 0.05) is 0 Å². The standard InChI is InChI=1S/C13H24.2C12H22.C11H20.C10H18/c1-11(2)12-5-9-13(10-6-12)7-3-4-8-13;1-10(2)11-4-8-12(9-5-11)6-3-7-12;1-10(2)11-5-8-12(9-11)6-3-4-7-12;1-9(2)10-8-11(10)6-4-3-5-7-11;1-8(2)9-6-10(7-9)4-3-5-10/h11-12H,3-10H2,1-2H3;2*10-11H,3-9H2,1-2H3;9-10H,3-8H2,1-2H3;8-9H,3-7H2,1-2H3. The Kier molecular flexibility index (Phi) is 16.9. The van der Waals surface area contributed by atoms with Gasteiger partial charge in [-0.05, 0) is 240 Å². The minimum atomic E-state index is 0.839. The molecule has 10 aliphatic rings. The maximum atomic E-state index is 2.40. The van der Waals surface area contributed by atoms with Crippen LogP contribution >= 0.6 is 0 Å². The topological polar surface area (TPSA) is 0 Å². The van der Waals surface area contributed by atoms with Gasteiger partial charge < -0.3 is 0 Å². The van der Waals surface area contributed by atoms with Crippen molar-refractivity contribution >= 4 is 0 Å². The molecule has 5 spiro atoms. The van der Waals surface area contributed by atoms with Gasteiger partial charge in [-0.15, -0.1) is 0 Å². The molecular formula is C58H106. The highest BCUT2D eigenvalue weighted by Gasteiger charge is 2.54. The second kappa shape index (κ2) is 20.7. The maximum Gasteiger partial charge on any atom is -0.0264 e. The monoisotopic (exact) mass is 803 g/mol. The van der Waals surface area contributed by atoms with Crippen molar-refractivity contribution < 1.29 is 0 Å². The lowest BCUT2D eigenvalue weighted by atomic mass is 9.50. The molecule has 58 heavy (non-hydrogen) atoms. The summed E-state index contributed by atoms with van der Waals surface area (Å²) in [7, 11) is 0. The van der Waals surface area contributed by atoms with E-state index in [1.807, 2.05) is 0 Å². The SMILES string of the molecule is CC(C)C1CC12CCCCC2.CC(C)C1CC2(CCC2)C1.CC(C)C1CCC2(CCC2)CC1.CC(C)C1CCC2(CCCC2)C1.CC(C)C1CCC2(CCCC2)CC1. The molecule has 10 saturated carbocycles. The van der Waals surface area contributed by atoms with E-state index >= 15 is 0 Å². The highest BCUT2D eigenvalue weighted by Crippen LogP contribution is 2.64. The predicted molar refractivity (Wildman–Crippen MR) is 256 cm³/mol. The van der Waals surface area contributed by atoms with Gasteiger partial charge >= 0.3 is 0 Å². The highest BCUT2D eigenvalue weighted by molar-refractivity contribution is 5.04. The summed E-state index contributed by atoms with van der Waals surface area (Å²) in [5.41, 5.74) is 4.31. The van der Waals surface area contributed by atoms with Gasteiger partial charge in [0.2, 0.25) is 0 Å². The normalized spacial score (nSPS) is 33.2. The third kappa shape index (κ3) is 12.2. The third-order valence-corrected chi connectivity index (χ3v) is 21.1. The van der Waals surface area contributed by atoms with Crippen LogP contribution < -0.4 is 0 Å². The second-order valence-electron chi connectivity index (χ2n) is 26.4.